The highest BCUT2D eigenvalue weighted by Gasteiger charge is 2.15. The predicted octanol–water partition coefficient (Wildman–Crippen LogP) is 3.49. The van der Waals surface area contributed by atoms with Crippen molar-refractivity contribution >= 4 is 44.1 Å². The van der Waals surface area contributed by atoms with E-state index >= 15 is 0 Å². The quantitative estimate of drug-likeness (QED) is 0.795. The molecule has 2 rings (SSSR count). The molecule has 0 unspecified atom stereocenters. The number of hydrogen-bond donors (Lipinski definition) is 0. The summed E-state index contributed by atoms with van der Waals surface area (Å²) in [5, 5.41) is 1.87. The summed E-state index contributed by atoms with van der Waals surface area (Å²) in [6.07, 6.45) is 0.965. The van der Waals surface area contributed by atoms with Gasteiger partial charge in [0, 0.05) is 10.8 Å². The minimum atomic E-state index is -3.63. The summed E-state index contributed by atoms with van der Waals surface area (Å²) >= 11 is 12.0. The Kier molecular flexibility index (Phi) is 3.21. The first-order valence-corrected chi connectivity index (χ1v) is 7.22. The first kappa shape index (κ1) is 12.5. The lowest BCUT2D eigenvalue weighted by Crippen LogP contribution is -2.06. The first-order valence-electron chi connectivity index (χ1n) is 4.65. The molecule has 0 heterocycles. The van der Waals surface area contributed by atoms with Crippen LogP contribution in [-0.2, 0) is 10.1 Å². The van der Waals surface area contributed by atoms with Gasteiger partial charge in [-0.1, -0.05) is 47.5 Å². The van der Waals surface area contributed by atoms with Crippen LogP contribution in [0.4, 0.5) is 0 Å². The topological polar surface area (TPSA) is 43.4 Å². The monoisotopic (exact) mass is 290 g/mol. The zero-order chi connectivity index (χ0) is 12.6. The van der Waals surface area contributed by atoms with Crippen molar-refractivity contribution in [2.45, 2.75) is 0 Å². The lowest BCUT2D eigenvalue weighted by atomic mass is 10.1. The van der Waals surface area contributed by atoms with Crippen LogP contribution in [0.2, 0.25) is 10.0 Å². The third kappa shape index (κ3) is 2.65. The molecule has 2 aromatic rings. The molecule has 0 saturated heterocycles. The smallest absolute Gasteiger partial charge is 0.306 e. The maximum atomic E-state index is 11.2. The molecule has 3 nitrogen and oxygen atoms in total. The molecule has 17 heavy (non-hydrogen) atoms. The van der Waals surface area contributed by atoms with E-state index in [0.717, 1.165) is 6.26 Å². The van der Waals surface area contributed by atoms with Crippen LogP contribution in [0.3, 0.4) is 0 Å². The second-order valence-electron chi connectivity index (χ2n) is 3.50. The summed E-state index contributed by atoms with van der Waals surface area (Å²) < 4.78 is 27.2. The Morgan fingerprint density at radius 3 is 2.24 bits per heavy atom. The highest BCUT2D eigenvalue weighted by molar-refractivity contribution is 7.86. The average molecular weight is 291 g/mol. The molecule has 0 aliphatic heterocycles. The largest absolute Gasteiger partial charge is 0.380 e. The van der Waals surface area contributed by atoms with Gasteiger partial charge in [-0.05, 0) is 6.07 Å². The number of rotatable bonds is 2. The lowest BCUT2D eigenvalue weighted by Gasteiger charge is -2.10. The number of fused-ring (bicyclic) bond motifs is 1. The Morgan fingerprint density at radius 2 is 1.65 bits per heavy atom. The summed E-state index contributed by atoms with van der Waals surface area (Å²) in [7, 11) is -3.63. The van der Waals surface area contributed by atoms with E-state index in [1.54, 1.807) is 24.3 Å². The standard InChI is InChI=1S/C11H8Cl2O3S/c1-17(14,15)16-11-8-5-3-2-4-7(8)9(12)6-10(11)13/h2-6H,1H3. The fraction of sp³-hybridized carbons (Fsp3) is 0.0909. The van der Waals surface area contributed by atoms with Gasteiger partial charge in [-0.15, -0.1) is 0 Å². The molecule has 0 bridgehead atoms. The van der Waals surface area contributed by atoms with Crippen LogP contribution >= 0.6 is 23.2 Å². The Morgan fingerprint density at radius 1 is 1.06 bits per heavy atom. The molecule has 0 radical (unpaired) electrons. The van der Waals surface area contributed by atoms with E-state index in [1.165, 1.54) is 6.07 Å². The summed E-state index contributed by atoms with van der Waals surface area (Å²) in [4.78, 5) is 0. The van der Waals surface area contributed by atoms with E-state index in [2.05, 4.69) is 0 Å². The second-order valence-corrected chi connectivity index (χ2v) is 5.89. The molecular weight excluding hydrogens is 283 g/mol. The van der Waals surface area contributed by atoms with Gasteiger partial charge in [-0.3, -0.25) is 0 Å². The molecule has 0 aliphatic carbocycles. The van der Waals surface area contributed by atoms with Crippen molar-refractivity contribution in [2.75, 3.05) is 6.26 Å². The highest BCUT2D eigenvalue weighted by Crippen LogP contribution is 2.38. The van der Waals surface area contributed by atoms with Crippen LogP contribution < -0.4 is 4.18 Å². The van der Waals surface area contributed by atoms with E-state index in [1.807, 2.05) is 0 Å². The van der Waals surface area contributed by atoms with Gasteiger partial charge in [-0.25, -0.2) is 0 Å². The van der Waals surface area contributed by atoms with Crippen molar-refractivity contribution < 1.29 is 12.6 Å². The van der Waals surface area contributed by atoms with E-state index in [-0.39, 0.29) is 10.8 Å². The number of benzene rings is 2. The van der Waals surface area contributed by atoms with Gasteiger partial charge in [0.2, 0.25) is 0 Å². The molecule has 0 N–H and O–H groups in total. The fourth-order valence-corrected chi connectivity index (χ4v) is 2.62. The Bertz CT molecular complexity index is 680. The summed E-state index contributed by atoms with van der Waals surface area (Å²) in [5.74, 6) is 0.106. The van der Waals surface area contributed by atoms with Gasteiger partial charge in [-0.2, -0.15) is 8.42 Å². The summed E-state index contributed by atoms with van der Waals surface area (Å²) in [5.41, 5.74) is 0. The molecule has 0 aromatic heterocycles. The third-order valence-electron chi connectivity index (χ3n) is 2.13. The SMILES string of the molecule is CS(=O)(=O)Oc1c(Cl)cc(Cl)c2ccccc12. The lowest BCUT2D eigenvalue weighted by molar-refractivity contribution is 0.496. The van der Waals surface area contributed by atoms with Crippen molar-refractivity contribution in [1.82, 2.24) is 0 Å². The van der Waals surface area contributed by atoms with E-state index in [9.17, 15) is 8.42 Å². The van der Waals surface area contributed by atoms with E-state index < -0.39 is 10.1 Å². The predicted molar refractivity (Wildman–Crippen MR) is 69.4 cm³/mol. The third-order valence-corrected chi connectivity index (χ3v) is 3.20. The van der Waals surface area contributed by atoms with Crippen LogP contribution in [0.15, 0.2) is 30.3 Å². The molecular formula is C11H8Cl2O3S. The van der Waals surface area contributed by atoms with Crippen LogP contribution in [0.1, 0.15) is 0 Å². The fourth-order valence-electron chi connectivity index (χ4n) is 1.51. The van der Waals surface area contributed by atoms with Gasteiger partial charge in [0.05, 0.1) is 16.3 Å². The Hall–Kier alpha value is -0.970. The van der Waals surface area contributed by atoms with E-state index in [0.29, 0.717) is 15.8 Å². The Labute approximate surface area is 109 Å². The van der Waals surface area contributed by atoms with Gasteiger partial charge in [0.15, 0.2) is 5.75 Å². The second kappa shape index (κ2) is 4.37. The zero-order valence-electron chi connectivity index (χ0n) is 8.78. The average Bonchev–Trinajstić information content (AvgIpc) is 2.23. The van der Waals surface area contributed by atoms with Gasteiger partial charge in [0.25, 0.3) is 0 Å². The molecule has 0 saturated carbocycles. The van der Waals surface area contributed by atoms with Crippen molar-refractivity contribution in [1.29, 1.82) is 0 Å². The van der Waals surface area contributed by atoms with Crippen molar-refractivity contribution in [2.24, 2.45) is 0 Å². The molecule has 90 valence electrons. The molecule has 6 heteroatoms. The molecule has 0 atom stereocenters. The summed E-state index contributed by atoms with van der Waals surface area (Å²) in [6.45, 7) is 0. The van der Waals surface area contributed by atoms with Crippen LogP contribution in [0, 0.1) is 0 Å². The van der Waals surface area contributed by atoms with Crippen LogP contribution in [0.25, 0.3) is 10.8 Å². The zero-order valence-corrected chi connectivity index (χ0v) is 11.1. The van der Waals surface area contributed by atoms with E-state index in [4.69, 9.17) is 27.4 Å². The normalized spacial score (nSPS) is 11.7. The molecule has 2 aromatic carbocycles. The minimum absolute atomic E-state index is 0.106. The first-order chi connectivity index (χ1) is 7.88. The van der Waals surface area contributed by atoms with Crippen molar-refractivity contribution in [3.05, 3.63) is 40.4 Å². The summed E-state index contributed by atoms with van der Waals surface area (Å²) in [6, 6.07) is 8.49. The molecule has 0 spiro atoms. The maximum Gasteiger partial charge on any atom is 0.306 e. The van der Waals surface area contributed by atoms with Crippen molar-refractivity contribution in [3.8, 4) is 5.75 Å². The minimum Gasteiger partial charge on any atom is -0.380 e. The highest BCUT2D eigenvalue weighted by atomic mass is 35.5. The molecule has 0 amide bonds. The van der Waals surface area contributed by atoms with Crippen LogP contribution in [-0.4, -0.2) is 14.7 Å². The van der Waals surface area contributed by atoms with Gasteiger partial charge >= 0.3 is 10.1 Å². The number of hydrogen-bond acceptors (Lipinski definition) is 3. The Balaban J connectivity index is 2.78. The molecule has 0 fully saturated rings. The van der Waals surface area contributed by atoms with Crippen LogP contribution in [0.5, 0.6) is 5.75 Å². The van der Waals surface area contributed by atoms with Gasteiger partial charge < -0.3 is 4.18 Å². The van der Waals surface area contributed by atoms with Gasteiger partial charge in [0.1, 0.15) is 0 Å². The maximum absolute atomic E-state index is 11.2. The number of halogens is 2. The molecule has 0 aliphatic rings. The van der Waals surface area contributed by atoms with Crippen molar-refractivity contribution in [3.63, 3.8) is 0 Å².